The molecule has 3 nitrogen and oxygen atoms in total. The van der Waals surface area contributed by atoms with E-state index in [2.05, 4.69) is 11.5 Å². The second kappa shape index (κ2) is 6.90. The van der Waals surface area contributed by atoms with Crippen molar-refractivity contribution in [3.63, 3.8) is 0 Å². The maximum Gasteiger partial charge on any atom is 0.334 e. The van der Waals surface area contributed by atoms with E-state index in [9.17, 15) is 4.79 Å². The number of ether oxygens (including phenoxy) is 1. The summed E-state index contributed by atoms with van der Waals surface area (Å²) in [5.74, 6) is 2.12. The van der Waals surface area contributed by atoms with Crippen LogP contribution in [0.4, 0.5) is 0 Å². The van der Waals surface area contributed by atoms with Crippen LogP contribution < -0.4 is 0 Å². The highest BCUT2D eigenvalue weighted by atomic mass is 32.2. The standard InChI is InChI=1S/C11H19NO2S/c1-3-14-11(13)10(2)9-12-5-4-7-15-8-6-12/h2-9H2,1H3. The Bertz CT molecular complexity index is 223. The molecule has 0 radical (unpaired) electrons. The first-order chi connectivity index (χ1) is 7.24. The summed E-state index contributed by atoms with van der Waals surface area (Å²) >= 11 is 1.98. The van der Waals surface area contributed by atoms with Gasteiger partial charge in [0.1, 0.15) is 0 Å². The second-order valence-electron chi connectivity index (χ2n) is 3.57. The molecule has 1 aliphatic rings. The lowest BCUT2D eigenvalue weighted by molar-refractivity contribution is -0.138. The number of nitrogens with zero attached hydrogens (tertiary/aromatic N) is 1. The Balaban J connectivity index is 2.32. The van der Waals surface area contributed by atoms with Crippen LogP contribution in [0, 0.1) is 0 Å². The molecule has 0 aromatic carbocycles. The normalized spacial score (nSPS) is 18.2. The summed E-state index contributed by atoms with van der Waals surface area (Å²) in [6, 6.07) is 0. The fraction of sp³-hybridized carbons (Fsp3) is 0.727. The Morgan fingerprint density at radius 3 is 3.00 bits per heavy atom. The van der Waals surface area contributed by atoms with E-state index >= 15 is 0 Å². The number of carbonyl (C=O) groups is 1. The van der Waals surface area contributed by atoms with Crippen LogP contribution in [0.1, 0.15) is 13.3 Å². The van der Waals surface area contributed by atoms with Crippen LogP contribution in [0.2, 0.25) is 0 Å². The van der Waals surface area contributed by atoms with Gasteiger partial charge in [-0.25, -0.2) is 4.79 Å². The largest absolute Gasteiger partial charge is 0.463 e. The molecule has 0 aromatic heterocycles. The number of hydrogen-bond acceptors (Lipinski definition) is 4. The van der Waals surface area contributed by atoms with Crippen molar-refractivity contribution in [1.29, 1.82) is 0 Å². The molecule has 86 valence electrons. The monoisotopic (exact) mass is 229 g/mol. The number of esters is 1. The first kappa shape index (κ1) is 12.6. The third kappa shape index (κ3) is 4.71. The van der Waals surface area contributed by atoms with Crippen LogP contribution in [0.25, 0.3) is 0 Å². The van der Waals surface area contributed by atoms with Crippen molar-refractivity contribution >= 4 is 17.7 Å². The van der Waals surface area contributed by atoms with Crippen LogP contribution >= 0.6 is 11.8 Å². The lowest BCUT2D eigenvalue weighted by Gasteiger charge is -2.19. The van der Waals surface area contributed by atoms with E-state index in [1.807, 2.05) is 18.7 Å². The van der Waals surface area contributed by atoms with Gasteiger partial charge in [0.15, 0.2) is 0 Å². The van der Waals surface area contributed by atoms with Gasteiger partial charge in [0.05, 0.1) is 6.61 Å². The van der Waals surface area contributed by atoms with Crippen molar-refractivity contribution < 1.29 is 9.53 Å². The highest BCUT2D eigenvalue weighted by molar-refractivity contribution is 7.99. The zero-order valence-electron chi connectivity index (χ0n) is 9.33. The Kier molecular flexibility index (Phi) is 5.79. The van der Waals surface area contributed by atoms with Crippen molar-refractivity contribution in [3.8, 4) is 0 Å². The van der Waals surface area contributed by atoms with Crippen molar-refractivity contribution in [2.45, 2.75) is 13.3 Å². The molecule has 0 atom stereocenters. The highest BCUT2D eigenvalue weighted by Crippen LogP contribution is 2.11. The van der Waals surface area contributed by atoms with Crippen LogP contribution in [-0.4, -0.2) is 48.6 Å². The minimum Gasteiger partial charge on any atom is -0.463 e. The summed E-state index contributed by atoms with van der Waals surface area (Å²) in [7, 11) is 0. The smallest absolute Gasteiger partial charge is 0.334 e. The first-order valence-electron chi connectivity index (χ1n) is 5.39. The van der Waals surface area contributed by atoms with Crippen molar-refractivity contribution in [3.05, 3.63) is 12.2 Å². The van der Waals surface area contributed by atoms with Crippen molar-refractivity contribution in [1.82, 2.24) is 4.90 Å². The van der Waals surface area contributed by atoms with E-state index in [0.717, 1.165) is 18.8 Å². The topological polar surface area (TPSA) is 29.5 Å². The maximum atomic E-state index is 11.3. The van der Waals surface area contributed by atoms with Crippen LogP contribution in [-0.2, 0) is 9.53 Å². The van der Waals surface area contributed by atoms with Gasteiger partial charge in [-0.3, -0.25) is 4.90 Å². The molecular formula is C11H19NO2S. The van der Waals surface area contributed by atoms with Gasteiger partial charge in [0.2, 0.25) is 0 Å². The average molecular weight is 229 g/mol. The van der Waals surface area contributed by atoms with E-state index in [0.29, 0.717) is 18.7 Å². The minimum atomic E-state index is -0.255. The van der Waals surface area contributed by atoms with Crippen LogP contribution in [0.15, 0.2) is 12.2 Å². The molecule has 4 heteroatoms. The van der Waals surface area contributed by atoms with Gasteiger partial charge in [-0.05, 0) is 25.6 Å². The van der Waals surface area contributed by atoms with E-state index < -0.39 is 0 Å². The maximum absolute atomic E-state index is 11.3. The quantitative estimate of drug-likeness (QED) is 0.540. The molecule has 0 amide bonds. The fourth-order valence-electron chi connectivity index (χ4n) is 1.52. The van der Waals surface area contributed by atoms with Gasteiger partial charge < -0.3 is 4.74 Å². The molecular weight excluding hydrogens is 210 g/mol. The van der Waals surface area contributed by atoms with Gasteiger partial charge in [-0.1, -0.05) is 6.58 Å². The predicted octanol–water partition coefficient (Wildman–Crippen LogP) is 1.54. The molecule has 0 unspecified atom stereocenters. The fourth-order valence-corrected chi connectivity index (χ4v) is 2.45. The third-order valence-electron chi connectivity index (χ3n) is 2.29. The molecule has 0 aliphatic carbocycles. The third-order valence-corrected chi connectivity index (χ3v) is 3.34. The predicted molar refractivity (Wildman–Crippen MR) is 64.2 cm³/mol. The molecule has 1 fully saturated rings. The SMILES string of the molecule is C=C(CN1CCCSCC1)C(=O)OCC. The second-order valence-corrected chi connectivity index (χ2v) is 4.79. The molecule has 1 rings (SSSR count). The summed E-state index contributed by atoms with van der Waals surface area (Å²) in [6.45, 7) is 8.77. The highest BCUT2D eigenvalue weighted by Gasteiger charge is 2.14. The number of carbonyl (C=O) groups excluding carboxylic acids is 1. The summed E-state index contributed by atoms with van der Waals surface area (Å²) in [4.78, 5) is 13.6. The Morgan fingerprint density at radius 2 is 2.27 bits per heavy atom. The van der Waals surface area contributed by atoms with Gasteiger partial charge >= 0.3 is 5.97 Å². The summed E-state index contributed by atoms with van der Waals surface area (Å²) in [5.41, 5.74) is 0.573. The lowest BCUT2D eigenvalue weighted by Crippen LogP contribution is -2.30. The molecule has 0 spiro atoms. The van der Waals surface area contributed by atoms with Crippen molar-refractivity contribution in [2.75, 3.05) is 37.7 Å². The van der Waals surface area contributed by atoms with E-state index in [-0.39, 0.29) is 5.97 Å². The van der Waals surface area contributed by atoms with Gasteiger partial charge in [0.25, 0.3) is 0 Å². The molecule has 0 bridgehead atoms. The zero-order valence-corrected chi connectivity index (χ0v) is 10.1. The van der Waals surface area contributed by atoms with E-state index in [1.54, 1.807) is 0 Å². The Morgan fingerprint density at radius 1 is 1.47 bits per heavy atom. The summed E-state index contributed by atoms with van der Waals surface area (Å²) in [5, 5.41) is 0. The molecule has 0 aromatic rings. The lowest BCUT2D eigenvalue weighted by atomic mass is 10.2. The van der Waals surface area contributed by atoms with Crippen LogP contribution in [0.5, 0.6) is 0 Å². The Hall–Kier alpha value is -0.480. The first-order valence-corrected chi connectivity index (χ1v) is 6.54. The van der Waals surface area contributed by atoms with E-state index in [1.165, 1.54) is 12.2 Å². The van der Waals surface area contributed by atoms with Crippen molar-refractivity contribution in [2.24, 2.45) is 0 Å². The average Bonchev–Trinajstić information content (AvgIpc) is 2.46. The molecule has 1 saturated heterocycles. The van der Waals surface area contributed by atoms with Gasteiger partial charge in [-0.2, -0.15) is 11.8 Å². The zero-order chi connectivity index (χ0) is 11.1. The summed E-state index contributed by atoms with van der Waals surface area (Å²) in [6.07, 6.45) is 1.20. The Labute approximate surface area is 95.9 Å². The molecule has 15 heavy (non-hydrogen) atoms. The molecule has 0 N–H and O–H groups in total. The molecule has 0 saturated carbocycles. The number of hydrogen-bond donors (Lipinski definition) is 0. The number of rotatable bonds is 4. The van der Waals surface area contributed by atoms with Gasteiger partial charge in [-0.15, -0.1) is 0 Å². The number of thioether (sulfide) groups is 1. The van der Waals surface area contributed by atoms with E-state index in [4.69, 9.17) is 4.74 Å². The molecule has 1 aliphatic heterocycles. The minimum absolute atomic E-state index is 0.255. The molecule has 1 heterocycles. The summed E-state index contributed by atoms with van der Waals surface area (Å²) < 4.78 is 4.91. The van der Waals surface area contributed by atoms with Crippen LogP contribution in [0.3, 0.4) is 0 Å². The van der Waals surface area contributed by atoms with Gasteiger partial charge in [0, 0.05) is 24.4 Å².